The molecule has 154 valence electrons. The van der Waals surface area contributed by atoms with Crippen LogP contribution in [0.2, 0.25) is 0 Å². The Balaban J connectivity index is 2.50. The predicted molar refractivity (Wildman–Crippen MR) is 117 cm³/mol. The van der Waals surface area contributed by atoms with Crippen LogP contribution in [0.3, 0.4) is 0 Å². The molecule has 1 aromatic carbocycles. The molecule has 0 aliphatic carbocycles. The number of rotatable bonds is 3. The second kappa shape index (κ2) is 10.1. The van der Waals surface area contributed by atoms with Crippen LogP contribution >= 0.6 is 0 Å². The lowest BCUT2D eigenvalue weighted by Crippen LogP contribution is -2.31. The topological polar surface area (TPSA) is 37.3 Å². The minimum atomic E-state index is -1.19. The molecular weight excluding hydrogens is 352 g/mol. The predicted octanol–water partition coefficient (Wildman–Crippen LogP) is 7.25. The summed E-state index contributed by atoms with van der Waals surface area (Å²) in [7, 11) is -1.19. The molecule has 1 heterocycles. The van der Waals surface area contributed by atoms with Crippen molar-refractivity contribution in [1.29, 1.82) is 0 Å². The highest BCUT2D eigenvalue weighted by Crippen LogP contribution is 2.45. The van der Waals surface area contributed by atoms with E-state index in [2.05, 4.69) is 33.8 Å². The van der Waals surface area contributed by atoms with Crippen molar-refractivity contribution >= 4 is 10.8 Å². The van der Waals surface area contributed by atoms with Gasteiger partial charge in [0.15, 0.2) is 0 Å². The first-order valence-electron chi connectivity index (χ1n) is 11.2. The van der Waals surface area contributed by atoms with Gasteiger partial charge < -0.3 is 5.11 Å². The van der Waals surface area contributed by atoms with Crippen LogP contribution in [0, 0.1) is 0 Å². The summed E-state index contributed by atoms with van der Waals surface area (Å²) in [4.78, 5) is 0.651. The van der Waals surface area contributed by atoms with Gasteiger partial charge in [0.05, 0.1) is 15.7 Å². The quantitative estimate of drug-likeness (QED) is 0.588. The summed E-state index contributed by atoms with van der Waals surface area (Å²) < 4.78 is 13.3. The Morgan fingerprint density at radius 2 is 1.44 bits per heavy atom. The minimum absolute atomic E-state index is 0.00686. The first kappa shape index (κ1) is 22.5. The highest BCUT2D eigenvalue weighted by molar-refractivity contribution is 7.86. The third-order valence-electron chi connectivity index (χ3n) is 7.18. The summed E-state index contributed by atoms with van der Waals surface area (Å²) in [6.45, 7) is 8.74. The van der Waals surface area contributed by atoms with E-state index in [1.54, 1.807) is 0 Å². The average molecular weight is 393 g/mol. The number of fused-ring (bicyclic) bond motifs is 2. The van der Waals surface area contributed by atoms with E-state index in [1.807, 2.05) is 12.1 Å². The van der Waals surface area contributed by atoms with Crippen molar-refractivity contribution in [3.8, 4) is 5.75 Å². The maximum Gasteiger partial charge on any atom is 0.135 e. The van der Waals surface area contributed by atoms with E-state index in [0.717, 1.165) is 44.1 Å². The van der Waals surface area contributed by atoms with Crippen LogP contribution in [0.1, 0.15) is 110 Å². The fourth-order valence-electron chi connectivity index (χ4n) is 4.73. The Hall–Kier alpha value is -0.830. The Kier molecular flexibility index (Phi) is 8.39. The van der Waals surface area contributed by atoms with Gasteiger partial charge in [-0.2, -0.15) is 0 Å². The van der Waals surface area contributed by atoms with Crippen LogP contribution in [0.4, 0.5) is 0 Å². The zero-order valence-corrected chi connectivity index (χ0v) is 18.8. The van der Waals surface area contributed by atoms with E-state index >= 15 is 0 Å². The molecule has 0 spiro atoms. The Bertz CT molecular complexity index is 621. The van der Waals surface area contributed by atoms with Gasteiger partial charge in [0.25, 0.3) is 0 Å². The molecule has 1 N–H and O–H groups in total. The molecular formula is C24H40O2S. The zero-order valence-electron chi connectivity index (χ0n) is 18.0. The molecule has 1 aliphatic heterocycles. The van der Waals surface area contributed by atoms with Crippen molar-refractivity contribution in [2.75, 3.05) is 0 Å². The number of para-hydroxylation sites is 1. The molecule has 2 rings (SSSR count). The summed E-state index contributed by atoms with van der Waals surface area (Å²) in [6, 6.07) is 5.97. The molecule has 2 unspecified atom stereocenters. The van der Waals surface area contributed by atoms with Crippen LogP contribution in [0.5, 0.6) is 5.75 Å². The maximum absolute atomic E-state index is 13.6. The first-order valence-corrected chi connectivity index (χ1v) is 12.3. The molecule has 0 radical (unpaired) electrons. The molecule has 1 aliphatic rings. The number of hydrogen-bond acceptors (Lipinski definition) is 2. The van der Waals surface area contributed by atoms with Gasteiger partial charge in [-0.1, -0.05) is 77.8 Å². The average Bonchev–Trinajstić information content (AvgIpc) is 2.69. The molecule has 0 amide bonds. The largest absolute Gasteiger partial charge is 0.506 e. The van der Waals surface area contributed by atoms with E-state index in [-0.39, 0.29) is 10.2 Å². The minimum Gasteiger partial charge on any atom is -0.506 e. The lowest BCUT2D eigenvalue weighted by molar-refractivity contribution is 0.329. The first-order chi connectivity index (χ1) is 12.9. The third-order valence-corrected chi connectivity index (χ3v) is 9.30. The second-order valence-electron chi connectivity index (χ2n) is 8.69. The van der Waals surface area contributed by atoms with Gasteiger partial charge in [0.1, 0.15) is 5.75 Å². The lowest BCUT2D eigenvalue weighted by Gasteiger charge is -2.34. The zero-order chi connectivity index (χ0) is 19.9. The van der Waals surface area contributed by atoms with Gasteiger partial charge >= 0.3 is 0 Å². The van der Waals surface area contributed by atoms with Crippen molar-refractivity contribution in [3.05, 3.63) is 23.8 Å². The summed E-state index contributed by atoms with van der Waals surface area (Å²) in [5.41, 5.74) is 1.01. The number of hydrogen-bond donors (Lipinski definition) is 1. The van der Waals surface area contributed by atoms with Gasteiger partial charge in [-0.05, 0) is 50.5 Å². The summed E-state index contributed by atoms with van der Waals surface area (Å²) >= 11 is 0. The Labute approximate surface area is 169 Å². The molecule has 0 aromatic heterocycles. The Morgan fingerprint density at radius 3 is 2.00 bits per heavy atom. The van der Waals surface area contributed by atoms with Crippen molar-refractivity contribution in [1.82, 2.24) is 0 Å². The van der Waals surface area contributed by atoms with Gasteiger partial charge in [0.2, 0.25) is 0 Å². The monoisotopic (exact) mass is 392 g/mol. The van der Waals surface area contributed by atoms with Crippen LogP contribution < -0.4 is 0 Å². The van der Waals surface area contributed by atoms with Gasteiger partial charge in [0, 0.05) is 10.3 Å². The number of aromatic hydroxyl groups is 1. The second-order valence-corrected chi connectivity index (χ2v) is 10.6. The van der Waals surface area contributed by atoms with E-state index in [9.17, 15) is 9.32 Å². The molecule has 2 bridgehead atoms. The van der Waals surface area contributed by atoms with E-state index in [4.69, 9.17) is 0 Å². The van der Waals surface area contributed by atoms with E-state index in [1.165, 1.54) is 38.5 Å². The molecule has 1 aromatic rings. The van der Waals surface area contributed by atoms with Gasteiger partial charge in [-0.3, -0.25) is 4.21 Å². The molecule has 0 fully saturated rings. The van der Waals surface area contributed by atoms with Gasteiger partial charge in [-0.15, -0.1) is 0 Å². The Morgan fingerprint density at radius 1 is 0.889 bits per heavy atom. The molecule has 3 heteroatoms. The third kappa shape index (κ3) is 4.96. The highest BCUT2D eigenvalue weighted by atomic mass is 32.2. The van der Waals surface area contributed by atoms with Gasteiger partial charge in [-0.25, -0.2) is 0 Å². The summed E-state index contributed by atoms with van der Waals surface area (Å²) in [6.07, 6.45) is 13.7. The molecule has 27 heavy (non-hydrogen) atoms. The molecule has 2 atom stereocenters. The van der Waals surface area contributed by atoms with E-state index in [0.29, 0.717) is 10.6 Å². The number of phenolic OH excluding ortho intramolecular Hbond substituents is 1. The van der Waals surface area contributed by atoms with Crippen LogP contribution in [-0.4, -0.2) is 14.1 Å². The molecule has 0 saturated carbocycles. The van der Waals surface area contributed by atoms with Crippen molar-refractivity contribution in [3.63, 3.8) is 0 Å². The van der Waals surface area contributed by atoms with E-state index < -0.39 is 10.8 Å². The van der Waals surface area contributed by atoms with Crippen LogP contribution in [0.25, 0.3) is 0 Å². The summed E-state index contributed by atoms with van der Waals surface area (Å²) in [5.74, 6) is 0.300. The number of benzene rings is 1. The molecule has 0 saturated heterocycles. The van der Waals surface area contributed by atoms with Crippen LogP contribution in [-0.2, 0) is 16.2 Å². The molecule has 2 nitrogen and oxygen atoms in total. The fraction of sp³-hybridized carbons (Fsp3) is 0.750. The standard InChI is InChI=1S/C24H40O2S/c1-5-23(4)18-13-11-9-8-10-12-14-19-24(6-2,7-3)20-16-15-17-21(22(20)25)27(23)26/h15-17,25H,5-14,18-19H2,1-4H3. The SMILES string of the molecule is CCC1(CC)CCCCCCCCCC(C)(CC)S(=O)c2cccc1c2O. The lowest BCUT2D eigenvalue weighted by atomic mass is 9.72. The number of phenols is 1. The van der Waals surface area contributed by atoms with Crippen molar-refractivity contribution in [2.45, 2.75) is 120 Å². The smallest absolute Gasteiger partial charge is 0.135 e. The normalized spacial score (nSPS) is 27.5. The highest BCUT2D eigenvalue weighted by Gasteiger charge is 2.36. The van der Waals surface area contributed by atoms with Crippen molar-refractivity contribution in [2.24, 2.45) is 0 Å². The maximum atomic E-state index is 13.6. The van der Waals surface area contributed by atoms with Crippen molar-refractivity contribution < 1.29 is 9.32 Å². The fourth-order valence-corrected chi connectivity index (χ4v) is 6.34. The van der Waals surface area contributed by atoms with Crippen LogP contribution in [0.15, 0.2) is 23.1 Å². The summed E-state index contributed by atoms with van der Waals surface area (Å²) in [5, 5.41) is 11.2.